The van der Waals surface area contributed by atoms with Gasteiger partial charge in [-0.15, -0.1) is 0 Å². The summed E-state index contributed by atoms with van der Waals surface area (Å²) in [5.74, 6) is 0.277. The maximum absolute atomic E-state index is 13.9. The van der Waals surface area contributed by atoms with Crippen molar-refractivity contribution in [3.8, 4) is 0 Å². The van der Waals surface area contributed by atoms with Gasteiger partial charge >= 0.3 is 0 Å². The van der Waals surface area contributed by atoms with Crippen LogP contribution < -0.4 is 5.32 Å². The fourth-order valence-corrected chi connectivity index (χ4v) is 5.85. The van der Waals surface area contributed by atoms with Gasteiger partial charge in [0.2, 0.25) is 15.9 Å². The van der Waals surface area contributed by atoms with Crippen LogP contribution in [0.1, 0.15) is 17.9 Å². The van der Waals surface area contributed by atoms with Crippen LogP contribution in [0.3, 0.4) is 0 Å². The number of carbonyl (C=O) groups is 1. The number of thioether (sulfide) groups is 1. The summed E-state index contributed by atoms with van der Waals surface area (Å²) in [4.78, 5) is 12.2. The number of rotatable bonds is 6. The summed E-state index contributed by atoms with van der Waals surface area (Å²) < 4.78 is 39.8. The number of nitrogens with one attached hydrogen (secondary N) is 1. The van der Waals surface area contributed by atoms with Crippen molar-refractivity contribution in [1.29, 1.82) is 0 Å². The lowest BCUT2D eigenvalue weighted by molar-refractivity contribution is -0.122. The number of sulfonamides is 1. The molecule has 1 aliphatic carbocycles. The molecule has 2 atom stereocenters. The second-order valence-electron chi connectivity index (χ2n) is 6.20. The Kier molecular flexibility index (Phi) is 5.92. The van der Waals surface area contributed by atoms with E-state index in [1.165, 1.54) is 16.4 Å². The van der Waals surface area contributed by atoms with Crippen LogP contribution in [-0.4, -0.2) is 55.5 Å². The van der Waals surface area contributed by atoms with E-state index in [1.54, 1.807) is 17.8 Å². The van der Waals surface area contributed by atoms with Crippen molar-refractivity contribution in [3.63, 3.8) is 0 Å². The highest BCUT2D eigenvalue weighted by molar-refractivity contribution is 7.99. The lowest BCUT2D eigenvalue weighted by Gasteiger charge is -2.25. The minimum absolute atomic E-state index is 0.0685. The van der Waals surface area contributed by atoms with E-state index in [-0.39, 0.29) is 30.0 Å². The molecule has 0 radical (unpaired) electrons. The summed E-state index contributed by atoms with van der Waals surface area (Å²) in [5, 5.41) is 2.99. The zero-order valence-corrected chi connectivity index (χ0v) is 16.0. The molecule has 1 aromatic carbocycles. The lowest BCUT2D eigenvalue weighted by Crippen LogP contribution is -2.42. The number of hydrogen-bond donors (Lipinski definition) is 1. The Morgan fingerprint density at radius 2 is 2.08 bits per heavy atom. The molecule has 25 heavy (non-hydrogen) atoms. The summed E-state index contributed by atoms with van der Waals surface area (Å²) in [6.45, 7) is 1.12. The topological polar surface area (TPSA) is 66.5 Å². The molecule has 0 spiro atoms. The van der Waals surface area contributed by atoms with Crippen LogP contribution >= 0.6 is 23.4 Å². The molecule has 0 aromatic heterocycles. The van der Waals surface area contributed by atoms with Crippen molar-refractivity contribution in [1.82, 2.24) is 9.62 Å². The van der Waals surface area contributed by atoms with Crippen molar-refractivity contribution in [2.24, 2.45) is 5.92 Å². The Bertz CT molecular complexity index is 733. The van der Waals surface area contributed by atoms with Gasteiger partial charge in [-0.05, 0) is 18.6 Å². The molecule has 1 amide bonds. The average molecular weight is 407 g/mol. The minimum atomic E-state index is -3.34. The maximum Gasteiger partial charge on any atom is 0.223 e. The van der Waals surface area contributed by atoms with E-state index in [1.807, 2.05) is 0 Å². The van der Waals surface area contributed by atoms with Gasteiger partial charge in [-0.3, -0.25) is 4.79 Å². The van der Waals surface area contributed by atoms with Crippen molar-refractivity contribution in [3.05, 3.63) is 34.6 Å². The summed E-state index contributed by atoms with van der Waals surface area (Å²) in [7, 11) is -3.34. The van der Waals surface area contributed by atoms with E-state index in [2.05, 4.69) is 5.32 Å². The molecule has 1 aliphatic heterocycles. The van der Waals surface area contributed by atoms with Crippen LogP contribution in [0.2, 0.25) is 5.02 Å². The third kappa shape index (κ3) is 4.48. The van der Waals surface area contributed by atoms with E-state index < -0.39 is 15.8 Å². The van der Waals surface area contributed by atoms with Gasteiger partial charge in [0.25, 0.3) is 0 Å². The van der Waals surface area contributed by atoms with E-state index in [4.69, 9.17) is 11.6 Å². The molecule has 2 fully saturated rings. The summed E-state index contributed by atoms with van der Waals surface area (Å²) >= 11 is 7.77. The van der Waals surface area contributed by atoms with Gasteiger partial charge in [-0.25, -0.2) is 17.1 Å². The largest absolute Gasteiger partial charge is 0.355 e. The van der Waals surface area contributed by atoms with Crippen molar-refractivity contribution >= 4 is 39.3 Å². The number of carbonyl (C=O) groups excluding carboxylic acids is 1. The normalized spacial score (nSPS) is 24.1. The maximum atomic E-state index is 13.9. The molecule has 1 aromatic rings. The molecule has 138 valence electrons. The average Bonchev–Trinajstić information content (AvgIpc) is 3.36. The summed E-state index contributed by atoms with van der Waals surface area (Å²) in [5.41, 5.74) is 0.378. The van der Waals surface area contributed by atoms with Crippen LogP contribution in [0.5, 0.6) is 0 Å². The van der Waals surface area contributed by atoms with Gasteiger partial charge in [0.15, 0.2) is 0 Å². The van der Waals surface area contributed by atoms with Gasteiger partial charge < -0.3 is 5.32 Å². The number of benzene rings is 1. The van der Waals surface area contributed by atoms with E-state index in [9.17, 15) is 17.6 Å². The Balaban J connectivity index is 1.49. The first kappa shape index (κ1) is 18.9. The van der Waals surface area contributed by atoms with Crippen molar-refractivity contribution in [2.45, 2.75) is 12.3 Å². The molecule has 1 N–H and O–H groups in total. The highest BCUT2D eigenvalue weighted by Gasteiger charge is 2.46. The number of amides is 1. The second kappa shape index (κ2) is 7.82. The van der Waals surface area contributed by atoms with Gasteiger partial charge in [-0.2, -0.15) is 11.8 Å². The highest BCUT2D eigenvalue weighted by Crippen LogP contribution is 2.50. The van der Waals surface area contributed by atoms with Crippen molar-refractivity contribution in [2.75, 3.05) is 36.9 Å². The molecule has 1 heterocycles. The van der Waals surface area contributed by atoms with Gasteiger partial charge in [0.05, 0.1) is 5.75 Å². The Morgan fingerprint density at radius 3 is 2.76 bits per heavy atom. The molecule has 0 bridgehead atoms. The second-order valence-corrected chi connectivity index (χ2v) is 9.92. The van der Waals surface area contributed by atoms with Crippen LogP contribution in [0.15, 0.2) is 18.2 Å². The Labute approximate surface area is 156 Å². The monoisotopic (exact) mass is 406 g/mol. The van der Waals surface area contributed by atoms with Gasteiger partial charge in [0.1, 0.15) is 5.82 Å². The first-order chi connectivity index (χ1) is 11.9. The van der Waals surface area contributed by atoms with Gasteiger partial charge in [0, 0.05) is 53.6 Å². The fraction of sp³-hybridized carbons (Fsp3) is 0.562. The Morgan fingerprint density at radius 1 is 1.36 bits per heavy atom. The third-order valence-electron chi connectivity index (χ3n) is 4.52. The predicted molar refractivity (Wildman–Crippen MR) is 98.0 cm³/mol. The zero-order chi connectivity index (χ0) is 18.0. The van der Waals surface area contributed by atoms with E-state index in [0.717, 1.165) is 11.5 Å². The highest BCUT2D eigenvalue weighted by atomic mass is 35.5. The zero-order valence-electron chi connectivity index (χ0n) is 13.6. The molecular weight excluding hydrogens is 387 g/mol. The number of nitrogens with zero attached hydrogens (tertiary/aromatic N) is 1. The lowest BCUT2D eigenvalue weighted by atomic mass is 10.1. The fourth-order valence-electron chi connectivity index (χ4n) is 3.06. The SMILES string of the molecule is O=C(NCCS(=O)(=O)N1CCSCC1)[C@@H]1C[C@H]1c1c(F)cccc1Cl. The molecular formula is C16H20ClFN2O3S2. The number of halogens is 2. The molecule has 3 rings (SSSR count). The summed E-state index contributed by atoms with van der Waals surface area (Å²) in [6, 6.07) is 4.47. The first-order valence-corrected chi connectivity index (χ1v) is 11.3. The van der Waals surface area contributed by atoms with Crippen LogP contribution in [0, 0.1) is 11.7 Å². The van der Waals surface area contributed by atoms with Crippen LogP contribution in [0.25, 0.3) is 0 Å². The van der Waals surface area contributed by atoms with Crippen LogP contribution in [-0.2, 0) is 14.8 Å². The first-order valence-electron chi connectivity index (χ1n) is 8.17. The quantitative estimate of drug-likeness (QED) is 0.785. The number of hydrogen-bond acceptors (Lipinski definition) is 4. The Hall–Kier alpha value is -0.830. The van der Waals surface area contributed by atoms with E-state index >= 15 is 0 Å². The molecule has 5 nitrogen and oxygen atoms in total. The van der Waals surface area contributed by atoms with E-state index in [0.29, 0.717) is 30.1 Å². The standard InChI is InChI=1S/C16H20ClFN2O3S2/c17-13-2-1-3-14(18)15(13)11-10-12(11)16(21)19-4-9-25(22,23)20-5-7-24-8-6-20/h1-3,11-12H,4-10H2,(H,19,21)/t11-,12-/m1/s1. The molecule has 0 unspecified atom stereocenters. The molecule has 9 heteroatoms. The smallest absolute Gasteiger partial charge is 0.223 e. The molecule has 2 aliphatic rings. The third-order valence-corrected chi connectivity index (χ3v) is 7.66. The van der Waals surface area contributed by atoms with Crippen molar-refractivity contribution < 1.29 is 17.6 Å². The van der Waals surface area contributed by atoms with Gasteiger partial charge in [-0.1, -0.05) is 17.7 Å². The minimum Gasteiger partial charge on any atom is -0.355 e. The van der Waals surface area contributed by atoms with Crippen LogP contribution in [0.4, 0.5) is 4.39 Å². The summed E-state index contributed by atoms with van der Waals surface area (Å²) in [6.07, 6.45) is 0.530. The predicted octanol–water partition coefficient (Wildman–Crippen LogP) is 2.08. The molecule has 1 saturated heterocycles. The molecule has 1 saturated carbocycles.